The molecule has 5 rings (SSSR count). The lowest BCUT2D eigenvalue weighted by Gasteiger charge is -2.31. The van der Waals surface area contributed by atoms with Crippen LogP contribution < -0.4 is 14.2 Å². The first kappa shape index (κ1) is 23.3. The van der Waals surface area contributed by atoms with Gasteiger partial charge in [0, 0.05) is 23.7 Å². The van der Waals surface area contributed by atoms with Gasteiger partial charge in [-0.05, 0) is 86.0 Å². The third kappa shape index (κ3) is 5.15. The number of phenolic OH excluding ortho intramolecular Hbond substituents is 1. The largest absolute Gasteiger partial charge is 0.508 e. The predicted molar refractivity (Wildman–Crippen MR) is 139 cm³/mol. The van der Waals surface area contributed by atoms with Gasteiger partial charge < -0.3 is 19.3 Å². The average molecular weight is 472 g/mol. The lowest BCUT2D eigenvalue weighted by Crippen LogP contribution is -2.33. The van der Waals surface area contributed by atoms with E-state index in [1.807, 2.05) is 42.5 Å². The number of ether oxygens (including phenoxy) is 3. The van der Waals surface area contributed by atoms with Crippen molar-refractivity contribution in [2.24, 2.45) is 0 Å². The van der Waals surface area contributed by atoms with Crippen molar-refractivity contribution in [1.82, 2.24) is 4.90 Å². The van der Waals surface area contributed by atoms with E-state index in [0.29, 0.717) is 6.61 Å². The van der Waals surface area contributed by atoms with Crippen LogP contribution in [0.3, 0.4) is 0 Å². The van der Waals surface area contributed by atoms with E-state index >= 15 is 0 Å². The molecule has 0 radical (unpaired) electrons. The van der Waals surface area contributed by atoms with Gasteiger partial charge in [-0.25, -0.2) is 0 Å². The van der Waals surface area contributed by atoms with Crippen molar-refractivity contribution >= 4 is 11.1 Å². The van der Waals surface area contributed by atoms with Gasteiger partial charge in [0.15, 0.2) is 0 Å². The quantitative estimate of drug-likeness (QED) is 0.436. The minimum atomic E-state index is -0.290. The van der Waals surface area contributed by atoms with Crippen molar-refractivity contribution in [2.75, 3.05) is 33.4 Å². The predicted octanol–water partition coefficient (Wildman–Crippen LogP) is 6.33. The van der Waals surface area contributed by atoms with Crippen LogP contribution in [0.2, 0.25) is 0 Å². The van der Waals surface area contributed by atoms with E-state index in [1.54, 1.807) is 19.2 Å². The number of allylic oxidation sites excluding steroid dienone is 1. The van der Waals surface area contributed by atoms with Crippen LogP contribution in [0.4, 0.5) is 0 Å². The number of nitrogens with zero attached hydrogens (tertiary/aromatic N) is 1. The third-order valence-electron chi connectivity index (χ3n) is 6.99. The molecular weight excluding hydrogens is 438 g/mol. The molecule has 0 amide bonds. The summed E-state index contributed by atoms with van der Waals surface area (Å²) in [5.41, 5.74) is 5.34. The van der Waals surface area contributed by atoms with Crippen molar-refractivity contribution < 1.29 is 19.3 Å². The monoisotopic (exact) mass is 471 g/mol. The maximum absolute atomic E-state index is 9.83. The van der Waals surface area contributed by atoms with E-state index in [4.69, 9.17) is 14.2 Å². The van der Waals surface area contributed by atoms with Gasteiger partial charge in [0.25, 0.3) is 0 Å². The zero-order chi connectivity index (χ0) is 24.2. The Labute approximate surface area is 207 Å². The van der Waals surface area contributed by atoms with Crippen LogP contribution in [0.1, 0.15) is 49.0 Å². The number of likely N-dealkylation sites (tertiary alicyclic amines) is 1. The zero-order valence-corrected chi connectivity index (χ0v) is 20.5. The minimum Gasteiger partial charge on any atom is -0.508 e. The molecule has 2 aliphatic heterocycles. The average Bonchev–Trinajstić information content (AvgIpc) is 2.90. The fraction of sp³-hybridized carbons (Fsp3) is 0.333. The highest BCUT2D eigenvalue weighted by atomic mass is 16.5. The maximum atomic E-state index is 9.83. The molecule has 0 saturated carbocycles. The topological polar surface area (TPSA) is 51.2 Å². The number of methoxy groups -OCH3 is 1. The van der Waals surface area contributed by atoms with E-state index in [-0.39, 0.29) is 11.9 Å². The molecule has 0 aliphatic carbocycles. The standard InChI is InChI=1S/C30H33NO4/c1-21-27-15-14-26(33-2)20-28(27)35-30(29(21)22-6-10-24(32)11-7-22)23-8-12-25(13-9-23)34-19-18-31-16-4-3-5-17-31/h6-15,20,30,32H,3-5,16-19H2,1-2H3. The van der Waals surface area contributed by atoms with Gasteiger partial charge in [0.2, 0.25) is 0 Å². The number of hydrogen-bond donors (Lipinski definition) is 1. The Morgan fingerprint density at radius 1 is 0.914 bits per heavy atom. The number of hydrogen-bond acceptors (Lipinski definition) is 5. The lowest BCUT2D eigenvalue weighted by molar-refractivity contribution is 0.183. The fourth-order valence-electron chi connectivity index (χ4n) is 5.02. The van der Waals surface area contributed by atoms with Crippen LogP contribution in [0.25, 0.3) is 11.1 Å². The maximum Gasteiger partial charge on any atom is 0.150 e. The van der Waals surface area contributed by atoms with Crippen LogP contribution in [-0.4, -0.2) is 43.4 Å². The van der Waals surface area contributed by atoms with Gasteiger partial charge >= 0.3 is 0 Å². The van der Waals surface area contributed by atoms with E-state index < -0.39 is 0 Å². The molecule has 182 valence electrons. The van der Waals surface area contributed by atoms with E-state index in [2.05, 4.69) is 24.0 Å². The molecule has 5 nitrogen and oxygen atoms in total. The molecule has 1 fully saturated rings. The number of fused-ring (bicyclic) bond motifs is 1. The number of benzene rings is 3. The van der Waals surface area contributed by atoms with Gasteiger partial charge in [0.1, 0.15) is 35.7 Å². The number of rotatable bonds is 7. The van der Waals surface area contributed by atoms with Gasteiger partial charge in [-0.3, -0.25) is 4.90 Å². The second kappa shape index (κ2) is 10.4. The van der Waals surface area contributed by atoms with Crippen LogP contribution in [-0.2, 0) is 0 Å². The van der Waals surface area contributed by atoms with Crippen molar-refractivity contribution in [3.05, 3.63) is 83.4 Å². The molecule has 3 aromatic rings. The summed E-state index contributed by atoms with van der Waals surface area (Å²) in [6.45, 7) is 6.16. The molecule has 1 atom stereocenters. The SMILES string of the molecule is COc1ccc2c(c1)OC(c1ccc(OCCN3CCCCC3)cc1)C(c1ccc(O)cc1)=C2C. The van der Waals surface area contributed by atoms with Crippen molar-refractivity contribution in [1.29, 1.82) is 0 Å². The van der Waals surface area contributed by atoms with Crippen LogP contribution in [0.15, 0.2) is 66.7 Å². The highest BCUT2D eigenvalue weighted by Crippen LogP contribution is 2.47. The first-order valence-corrected chi connectivity index (χ1v) is 12.4. The summed E-state index contributed by atoms with van der Waals surface area (Å²) < 4.78 is 18.1. The molecule has 5 heteroatoms. The Morgan fingerprint density at radius 2 is 1.63 bits per heavy atom. The molecule has 0 spiro atoms. The van der Waals surface area contributed by atoms with Gasteiger partial charge in [-0.15, -0.1) is 0 Å². The van der Waals surface area contributed by atoms with Crippen LogP contribution in [0, 0.1) is 0 Å². The highest BCUT2D eigenvalue weighted by molar-refractivity contribution is 5.95. The Balaban J connectivity index is 1.40. The summed E-state index contributed by atoms with van der Waals surface area (Å²) in [4.78, 5) is 2.48. The summed E-state index contributed by atoms with van der Waals surface area (Å²) in [6, 6.07) is 21.5. The molecule has 3 aromatic carbocycles. The van der Waals surface area contributed by atoms with E-state index in [1.165, 1.54) is 32.4 Å². The second-order valence-electron chi connectivity index (χ2n) is 9.27. The Hall–Kier alpha value is -3.44. The van der Waals surface area contributed by atoms with Gasteiger partial charge in [-0.1, -0.05) is 30.7 Å². The summed E-state index contributed by atoms with van der Waals surface area (Å²) >= 11 is 0. The molecule has 35 heavy (non-hydrogen) atoms. The molecule has 1 unspecified atom stereocenters. The highest BCUT2D eigenvalue weighted by Gasteiger charge is 2.29. The van der Waals surface area contributed by atoms with E-state index in [9.17, 15) is 5.11 Å². The van der Waals surface area contributed by atoms with Crippen molar-refractivity contribution in [2.45, 2.75) is 32.3 Å². The number of piperidine rings is 1. The molecular formula is C30H33NO4. The summed E-state index contributed by atoms with van der Waals surface area (Å²) in [5, 5.41) is 9.83. The molecule has 1 saturated heterocycles. The Kier molecular flexibility index (Phi) is 6.96. The smallest absolute Gasteiger partial charge is 0.150 e. The minimum absolute atomic E-state index is 0.247. The zero-order valence-electron chi connectivity index (χ0n) is 20.5. The molecule has 1 N–H and O–H groups in total. The normalized spacial score (nSPS) is 18.1. The summed E-state index contributed by atoms with van der Waals surface area (Å²) in [6.07, 6.45) is 3.64. The molecule has 2 heterocycles. The van der Waals surface area contributed by atoms with E-state index in [0.717, 1.165) is 51.6 Å². The van der Waals surface area contributed by atoms with Gasteiger partial charge in [0.05, 0.1) is 7.11 Å². The third-order valence-corrected chi connectivity index (χ3v) is 6.99. The Morgan fingerprint density at radius 3 is 2.34 bits per heavy atom. The Bertz CT molecular complexity index is 1180. The summed E-state index contributed by atoms with van der Waals surface area (Å²) in [5.74, 6) is 2.68. The van der Waals surface area contributed by atoms with Crippen LogP contribution >= 0.6 is 0 Å². The second-order valence-corrected chi connectivity index (χ2v) is 9.27. The molecule has 0 aromatic heterocycles. The van der Waals surface area contributed by atoms with Crippen molar-refractivity contribution in [3.8, 4) is 23.0 Å². The number of aromatic hydroxyl groups is 1. The van der Waals surface area contributed by atoms with Crippen molar-refractivity contribution in [3.63, 3.8) is 0 Å². The fourth-order valence-corrected chi connectivity index (χ4v) is 5.02. The van der Waals surface area contributed by atoms with Crippen LogP contribution in [0.5, 0.6) is 23.0 Å². The lowest BCUT2D eigenvalue weighted by atomic mass is 9.86. The van der Waals surface area contributed by atoms with Gasteiger partial charge in [-0.2, -0.15) is 0 Å². The molecule has 2 aliphatic rings. The summed E-state index contributed by atoms with van der Waals surface area (Å²) in [7, 11) is 1.66. The first-order valence-electron chi connectivity index (χ1n) is 12.4. The number of phenols is 1. The molecule has 0 bridgehead atoms. The first-order chi connectivity index (χ1) is 17.1.